The van der Waals surface area contributed by atoms with Gasteiger partial charge >= 0.3 is 6.09 Å². The first-order valence-electron chi connectivity index (χ1n) is 8.42. The summed E-state index contributed by atoms with van der Waals surface area (Å²) in [7, 11) is 0. The Kier molecular flexibility index (Phi) is 8.26. The average molecular weight is 315 g/mol. The number of alkyl carbamates (subject to hydrolysis) is 1. The number of carbonyl (C=O) groups excluding carboxylic acids is 1. The Labute approximate surface area is 140 Å². The number of nitrogens with one attached hydrogen (secondary N) is 1. The van der Waals surface area contributed by atoms with Crippen LogP contribution in [0.3, 0.4) is 0 Å². The van der Waals surface area contributed by atoms with Crippen molar-refractivity contribution < 1.29 is 9.53 Å². The summed E-state index contributed by atoms with van der Waals surface area (Å²) in [5, 5.41) is 2.89. The fourth-order valence-electron chi connectivity index (χ4n) is 2.05. The predicted molar refractivity (Wildman–Crippen MR) is 95.2 cm³/mol. The van der Waals surface area contributed by atoms with Crippen molar-refractivity contribution in [1.82, 2.24) is 5.32 Å². The molecule has 0 aliphatic heterocycles. The van der Waals surface area contributed by atoms with Gasteiger partial charge in [0.15, 0.2) is 0 Å². The molecule has 1 N–H and O–H groups in total. The van der Waals surface area contributed by atoms with E-state index in [0.29, 0.717) is 0 Å². The van der Waals surface area contributed by atoms with Gasteiger partial charge in [-0.15, -0.1) is 5.92 Å². The number of ether oxygens (including phenoxy) is 1. The summed E-state index contributed by atoms with van der Waals surface area (Å²) in [6.07, 6.45) is 4.34. The number of hydrogen-bond acceptors (Lipinski definition) is 2. The van der Waals surface area contributed by atoms with E-state index in [2.05, 4.69) is 36.2 Å². The summed E-state index contributed by atoms with van der Waals surface area (Å²) in [4.78, 5) is 12.0. The second-order valence-corrected chi connectivity index (χ2v) is 6.65. The van der Waals surface area contributed by atoms with E-state index in [-0.39, 0.29) is 6.04 Å². The van der Waals surface area contributed by atoms with Crippen molar-refractivity contribution in [3.63, 3.8) is 0 Å². The summed E-state index contributed by atoms with van der Waals surface area (Å²) >= 11 is 0. The van der Waals surface area contributed by atoms with Gasteiger partial charge in [0.05, 0.1) is 6.04 Å². The first kappa shape index (κ1) is 19.1. The monoisotopic (exact) mass is 315 g/mol. The van der Waals surface area contributed by atoms with E-state index in [9.17, 15) is 4.79 Å². The van der Waals surface area contributed by atoms with Crippen LogP contribution in [0.15, 0.2) is 30.3 Å². The first-order valence-corrected chi connectivity index (χ1v) is 8.42. The highest BCUT2D eigenvalue weighted by Crippen LogP contribution is 2.09. The van der Waals surface area contributed by atoms with Crippen LogP contribution in [-0.4, -0.2) is 17.7 Å². The van der Waals surface area contributed by atoms with Crippen molar-refractivity contribution in [2.24, 2.45) is 0 Å². The molecule has 0 saturated carbocycles. The van der Waals surface area contributed by atoms with Crippen LogP contribution in [0, 0.1) is 11.8 Å². The molecule has 126 valence electrons. The quantitative estimate of drug-likeness (QED) is 0.610. The van der Waals surface area contributed by atoms with Gasteiger partial charge in [0.1, 0.15) is 5.60 Å². The molecule has 0 radical (unpaired) electrons. The average Bonchev–Trinajstić information content (AvgIpc) is 2.48. The molecular weight excluding hydrogens is 286 g/mol. The molecular formula is C20H29NO2. The molecule has 0 aliphatic carbocycles. The molecule has 1 aromatic carbocycles. The molecule has 1 atom stereocenters. The zero-order chi connectivity index (χ0) is 17.1. The van der Waals surface area contributed by atoms with E-state index >= 15 is 0 Å². The fourth-order valence-corrected chi connectivity index (χ4v) is 2.05. The second-order valence-electron chi connectivity index (χ2n) is 6.65. The van der Waals surface area contributed by atoms with Gasteiger partial charge in [0.25, 0.3) is 0 Å². The largest absolute Gasteiger partial charge is 0.444 e. The molecule has 1 unspecified atom stereocenters. The lowest BCUT2D eigenvalue weighted by Gasteiger charge is -2.21. The molecule has 0 aromatic heterocycles. The summed E-state index contributed by atoms with van der Waals surface area (Å²) in [6.45, 7) is 7.73. The van der Waals surface area contributed by atoms with Crippen molar-refractivity contribution in [1.29, 1.82) is 0 Å². The molecule has 1 amide bonds. The molecule has 1 rings (SSSR count). The summed E-state index contributed by atoms with van der Waals surface area (Å²) in [5.41, 5.74) is 0.753. The SMILES string of the molecule is CCCCC#CC(CCc1ccccc1)NC(=O)OC(C)(C)C. The molecule has 0 saturated heterocycles. The number of hydrogen-bond donors (Lipinski definition) is 1. The highest BCUT2D eigenvalue weighted by molar-refractivity contribution is 5.68. The third-order valence-corrected chi connectivity index (χ3v) is 3.19. The summed E-state index contributed by atoms with van der Waals surface area (Å²) in [6, 6.07) is 10.1. The Morgan fingerprint density at radius 1 is 1.26 bits per heavy atom. The van der Waals surface area contributed by atoms with Crippen LogP contribution in [0.4, 0.5) is 4.79 Å². The lowest BCUT2D eigenvalue weighted by Crippen LogP contribution is -2.38. The van der Waals surface area contributed by atoms with E-state index in [0.717, 1.165) is 32.1 Å². The van der Waals surface area contributed by atoms with Crippen LogP contribution in [0.2, 0.25) is 0 Å². The molecule has 0 spiro atoms. The minimum absolute atomic E-state index is 0.179. The smallest absolute Gasteiger partial charge is 0.408 e. The maximum absolute atomic E-state index is 12.0. The molecule has 3 nitrogen and oxygen atoms in total. The lowest BCUT2D eigenvalue weighted by molar-refractivity contribution is 0.0514. The van der Waals surface area contributed by atoms with Crippen molar-refractivity contribution in [2.75, 3.05) is 0 Å². The predicted octanol–water partition coefficient (Wildman–Crippen LogP) is 4.71. The van der Waals surface area contributed by atoms with Gasteiger partial charge in [-0.1, -0.05) is 49.6 Å². The third kappa shape index (κ3) is 9.63. The van der Waals surface area contributed by atoms with Crippen molar-refractivity contribution in [3.05, 3.63) is 35.9 Å². The zero-order valence-corrected chi connectivity index (χ0v) is 14.8. The minimum Gasteiger partial charge on any atom is -0.444 e. The number of amides is 1. The van der Waals surface area contributed by atoms with Crippen LogP contribution < -0.4 is 5.32 Å². The van der Waals surface area contributed by atoms with Gasteiger partial charge in [-0.05, 0) is 45.6 Å². The minimum atomic E-state index is -0.496. The van der Waals surface area contributed by atoms with Crippen LogP contribution >= 0.6 is 0 Å². The van der Waals surface area contributed by atoms with Gasteiger partial charge in [-0.2, -0.15) is 0 Å². The van der Waals surface area contributed by atoms with Gasteiger partial charge in [0, 0.05) is 6.42 Å². The van der Waals surface area contributed by atoms with Gasteiger partial charge in [-0.25, -0.2) is 4.79 Å². The summed E-state index contributed by atoms with van der Waals surface area (Å²) < 4.78 is 5.33. The highest BCUT2D eigenvalue weighted by atomic mass is 16.6. The maximum Gasteiger partial charge on any atom is 0.408 e. The van der Waals surface area contributed by atoms with Crippen LogP contribution in [-0.2, 0) is 11.2 Å². The third-order valence-electron chi connectivity index (χ3n) is 3.19. The molecule has 0 heterocycles. The number of benzene rings is 1. The second kappa shape index (κ2) is 9.94. The van der Waals surface area contributed by atoms with E-state index < -0.39 is 11.7 Å². The standard InChI is InChI=1S/C20H29NO2/c1-5-6-7-11-14-18(21-19(22)23-20(2,3)4)16-15-17-12-9-8-10-13-17/h8-10,12-13,18H,5-7,15-16H2,1-4H3,(H,21,22). The van der Waals surface area contributed by atoms with Gasteiger partial charge < -0.3 is 10.1 Å². The van der Waals surface area contributed by atoms with Crippen molar-refractivity contribution in [2.45, 2.75) is 71.4 Å². The normalized spacial score (nSPS) is 12.0. The number of unbranched alkanes of at least 4 members (excludes halogenated alkanes) is 2. The molecule has 3 heteroatoms. The van der Waals surface area contributed by atoms with E-state index in [1.807, 2.05) is 39.0 Å². The van der Waals surface area contributed by atoms with Crippen LogP contribution in [0.1, 0.15) is 58.9 Å². The fraction of sp³-hybridized carbons (Fsp3) is 0.550. The number of aryl methyl sites for hydroxylation is 1. The highest BCUT2D eigenvalue weighted by Gasteiger charge is 2.18. The first-order chi connectivity index (χ1) is 10.9. The Bertz CT molecular complexity index is 520. The lowest BCUT2D eigenvalue weighted by atomic mass is 10.1. The van der Waals surface area contributed by atoms with Gasteiger partial charge in [0.2, 0.25) is 0 Å². The van der Waals surface area contributed by atoms with Gasteiger partial charge in [-0.3, -0.25) is 0 Å². The number of carbonyl (C=O) groups is 1. The van der Waals surface area contributed by atoms with E-state index in [1.165, 1.54) is 5.56 Å². The topological polar surface area (TPSA) is 38.3 Å². The Morgan fingerprint density at radius 3 is 2.57 bits per heavy atom. The maximum atomic E-state index is 12.0. The van der Waals surface area contributed by atoms with Crippen molar-refractivity contribution >= 4 is 6.09 Å². The molecule has 0 aliphatic rings. The molecule has 0 bridgehead atoms. The van der Waals surface area contributed by atoms with Crippen LogP contribution in [0.5, 0.6) is 0 Å². The van der Waals surface area contributed by atoms with E-state index in [4.69, 9.17) is 4.74 Å². The molecule has 1 aromatic rings. The Balaban J connectivity index is 2.60. The van der Waals surface area contributed by atoms with Crippen molar-refractivity contribution in [3.8, 4) is 11.8 Å². The molecule has 23 heavy (non-hydrogen) atoms. The Hall–Kier alpha value is -1.95. The van der Waals surface area contributed by atoms with Crippen LogP contribution in [0.25, 0.3) is 0 Å². The zero-order valence-electron chi connectivity index (χ0n) is 14.8. The number of rotatable bonds is 6. The van der Waals surface area contributed by atoms with E-state index in [1.54, 1.807) is 0 Å². The summed E-state index contributed by atoms with van der Waals surface area (Å²) in [5.74, 6) is 6.35. The molecule has 0 fully saturated rings. The Morgan fingerprint density at radius 2 is 1.96 bits per heavy atom.